The van der Waals surface area contributed by atoms with Gasteiger partial charge in [0.1, 0.15) is 11.4 Å². The molecule has 3 heterocycles. The molecule has 6 aromatic rings. The minimum absolute atomic E-state index is 0.137. The lowest BCUT2D eigenvalue weighted by molar-refractivity contribution is 0.317. The highest BCUT2D eigenvalue weighted by atomic mass is 32.1. The number of nitrogens with zero attached hydrogens (tertiary/aromatic N) is 5. The number of ether oxygens (including phenoxy) is 1. The second-order valence-corrected chi connectivity index (χ2v) is 10.3. The molecule has 3 aromatic heterocycles. The smallest absolute Gasteiger partial charge is 0.300 e. The van der Waals surface area contributed by atoms with Gasteiger partial charge in [0, 0.05) is 22.9 Å². The largest absolute Gasteiger partial charge is 0.494 e. The molecule has 0 radical (unpaired) electrons. The molecule has 0 aliphatic rings. The van der Waals surface area contributed by atoms with Gasteiger partial charge in [0.25, 0.3) is 5.56 Å². The van der Waals surface area contributed by atoms with Crippen LogP contribution >= 0.6 is 11.3 Å². The van der Waals surface area contributed by atoms with E-state index in [1.54, 1.807) is 22.9 Å². The quantitative estimate of drug-likeness (QED) is 0.288. The lowest BCUT2D eigenvalue weighted by Gasteiger charge is -2.09. The third-order valence-electron chi connectivity index (χ3n) is 6.41. The summed E-state index contributed by atoms with van der Waals surface area (Å²) in [6.07, 6.45) is 4.62. The summed E-state index contributed by atoms with van der Waals surface area (Å²) in [6, 6.07) is 24.7. The molecule has 0 aliphatic heterocycles. The fraction of sp³-hybridized carbons (Fsp3) is 0.129. The van der Waals surface area contributed by atoms with Gasteiger partial charge in [0.05, 0.1) is 16.8 Å². The molecule has 6 rings (SSSR count). The van der Waals surface area contributed by atoms with Crippen LogP contribution in [0.2, 0.25) is 0 Å². The molecular weight excluding hydrogens is 522 g/mol. The van der Waals surface area contributed by atoms with E-state index in [-0.39, 0.29) is 16.2 Å². The van der Waals surface area contributed by atoms with Crippen LogP contribution in [-0.2, 0) is 0 Å². The van der Waals surface area contributed by atoms with Crippen molar-refractivity contribution in [2.24, 2.45) is 0 Å². The van der Waals surface area contributed by atoms with E-state index in [0.717, 1.165) is 51.6 Å². The minimum Gasteiger partial charge on any atom is -0.494 e. The maximum absolute atomic E-state index is 13.5. The molecule has 0 bridgehead atoms. The Morgan fingerprint density at radius 2 is 1.68 bits per heavy atom. The van der Waals surface area contributed by atoms with Crippen molar-refractivity contribution in [3.05, 3.63) is 121 Å². The fourth-order valence-corrected chi connectivity index (χ4v) is 5.35. The number of thiazole rings is 1. The summed E-state index contributed by atoms with van der Waals surface area (Å²) in [4.78, 5) is 30.6. The number of aromatic nitrogens is 5. The molecular formula is C31H25N5O3S. The van der Waals surface area contributed by atoms with Crippen molar-refractivity contribution in [1.29, 1.82) is 0 Å². The van der Waals surface area contributed by atoms with Crippen molar-refractivity contribution < 1.29 is 4.74 Å². The van der Waals surface area contributed by atoms with Gasteiger partial charge in [-0.15, -0.1) is 0 Å². The number of para-hydroxylation sites is 1. The molecule has 3 aromatic carbocycles. The zero-order chi connectivity index (χ0) is 27.6. The van der Waals surface area contributed by atoms with E-state index in [9.17, 15) is 9.59 Å². The van der Waals surface area contributed by atoms with Crippen LogP contribution in [0.15, 0.2) is 94.6 Å². The Kier molecular flexibility index (Phi) is 6.79. The highest BCUT2D eigenvalue weighted by molar-refractivity contribution is 7.15. The summed E-state index contributed by atoms with van der Waals surface area (Å²) in [5.41, 5.74) is 4.23. The van der Waals surface area contributed by atoms with Gasteiger partial charge in [0.2, 0.25) is 4.96 Å². The van der Waals surface area contributed by atoms with Crippen molar-refractivity contribution in [3.8, 4) is 34.0 Å². The van der Waals surface area contributed by atoms with Gasteiger partial charge in [0.15, 0.2) is 5.69 Å². The first kappa shape index (κ1) is 25.4. The Labute approximate surface area is 233 Å². The van der Waals surface area contributed by atoms with Crippen LogP contribution in [0.5, 0.6) is 5.75 Å². The Bertz CT molecular complexity index is 2000. The Morgan fingerprint density at radius 3 is 2.40 bits per heavy atom. The first-order valence-corrected chi connectivity index (χ1v) is 13.7. The summed E-state index contributed by atoms with van der Waals surface area (Å²) in [7, 11) is 0. The number of hydrogen-bond acceptors (Lipinski definition) is 7. The second kappa shape index (κ2) is 10.7. The highest BCUT2D eigenvalue weighted by Gasteiger charge is 2.16. The average molecular weight is 548 g/mol. The van der Waals surface area contributed by atoms with Gasteiger partial charge < -0.3 is 4.74 Å². The van der Waals surface area contributed by atoms with Crippen molar-refractivity contribution in [2.45, 2.75) is 20.3 Å². The summed E-state index contributed by atoms with van der Waals surface area (Å²) < 4.78 is 9.21. The number of benzene rings is 3. The van der Waals surface area contributed by atoms with E-state index in [0.29, 0.717) is 16.7 Å². The molecule has 0 fully saturated rings. The molecule has 40 heavy (non-hydrogen) atoms. The molecule has 0 atom stereocenters. The van der Waals surface area contributed by atoms with Crippen molar-refractivity contribution >= 4 is 22.4 Å². The van der Waals surface area contributed by atoms with Crippen molar-refractivity contribution in [2.75, 3.05) is 6.61 Å². The summed E-state index contributed by atoms with van der Waals surface area (Å²) >= 11 is 1.13. The lowest BCUT2D eigenvalue weighted by atomic mass is 10.0. The van der Waals surface area contributed by atoms with E-state index in [1.807, 2.05) is 79.9 Å². The van der Waals surface area contributed by atoms with Crippen molar-refractivity contribution in [3.63, 3.8) is 0 Å². The van der Waals surface area contributed by atoms with Crippen LogP contribution in [-0.4, -0.2) is 31.0 Å². The zero-order valence-corrected chi connectivity index (χ0v) is 22.8. The third-order valence-corrected chi connectivity index (χ3v) is 7.37. The van der Waals surface area contributed by atoms with Gasteiger partial charge in [-0.05, 0) is 55.3 Å². The third kappa shape index (κ3) is 4.83. The number of hydrogen-bond donors (Lipinski definition) is 0. The van der Waals surface area contributed by atoms with Crippen LogP contribution in [0, 0.1) is 6.92 Å². The number of fused-ring (bicyclic) bond motifs is 1. The van der Waals surface area contributed by atoms with E-state index in [4.69, 9.17) is 9.84 Å². The molecule has 198 valence electrons. The van der Waals surface area contributed by atoms with E-state index in [2.05, 4.69) is 17.0 Å². The maximum atomic E-state index is 13.5. The lowest BCUT2D eigenvalue weighted by Crippen LogP contribution is -2.26. The van der Waals surface area contributed by atoms with Crippen LogP contribution in [0.4, 0.5) is 0 Å². The van der Waals surface area contributed by atoms with Gasteiger partial charge >= 0.3 is 5.56 Å². The molecule has 0 saturated heterocycles. The Morgan fingerprint density at radius 1 is 0.925 bits per heavy atom. The first-order valence-electron chi connectivity index (χ1n) is 12.9. The zero-order valence-electron chi connectivity index (χ0n) is 21.9. The molecule has 0 amide bonds. The second-order valence-electron chi connectivity index (χ2n) is 9.28. The Balaban J connectivity index is 1.52. The molecule has 0 N–H and O–H groups in total. The summed E-state index contributed by atoms with van der Waals surface area (Å²) in [6.45, 7) is 4.74. The van der Waals surface area contributed by atoms with E-state index < -0.39 is 5.56 Å². The molecule has 0 unspecified atom stereocenters. The van der Waals surface area contributed by atoms with Crippen LogP contribution < -0.4 is 20.4 Å². The SMILES string of the molecule is CCCOc1ccc(-c2nn(-c3ccccc3)cc2/C=c2\sc3nc(=O)c(-c4ccccc4)nn3c2=O)c(C)c1. The standard InChI is InChI=1S/C31H25N5O3S/c1-3-16-39-24-14-15-25(20(2)17-24)27-22(19-35(33-27)23-12-8-5-9-13-23)18-26-30(38)36-31(40-26)32-29(37)28(34-36)21-10-6-4-7-11-21/h4-15,17-19H,3,16H2,1-2H3/b26-18-. The monoisotopic (exact) mass is 547 g/mol. The topological polar surface area (TPSA) is 91.4 Å². The summed E-state index contributed by atoms with van der Waals surface area (Å²) in [5.74, 6) is 0.804. The van der Waals surface area contributed by atoms with Gasteiger partial charge in [-0.2, -0.15) is 19.7 Å². The molecule has 8 nitrogen and oxygen atoms in total. The minimum atomic E-state index is -0.474. The average Bonchev–Trinajstić information content (AvgIpc) is 3.52. The predicted octanol–water partition coefficient (Wildman–Crippen LogP) is 4.68. The van der Waals surface area contributed by atoms with Crippen molar-refractivity contribution in [1.82, 2.24) is 24.4 Å². The maximum Gasteiger partial charge on any atom is 0.300 e. The first-order chi connectivity index (χ1) is 19.5. The van der Waals surface area contributed by atoms with Gasteiger partial charge in [-0.1, -0.05) is 66.8 Å². The molecule has 0 saturated carbocycles. The molecule has 0 spiro atoms. The van der Waals surface area contributed by atoms with E-state index >= 15 is 0 Å². The normalized spacial score (nSPS) is 11.8. The van der Waals surface area contributed by atoms with Crippen LogP contribution in [0.3, 0.4) is 0 Å². The Hall–Kier alpha value is -4.89. The van der Waals surface area contributed by atoms with Gasteiger partial charge in [-0.3, -0.25) is 9.59 Å². The predicted molar refractivity (Wildman–Crippen MR) is 157 cm³/mol. The summed E-state index contributed by atoms with van der Waals surface area (Å²) in [5, 5.41) is 9.28. The fourth-order valence-electron chi connectivity index (χ4n) is 4.45. The van der Waals surface area contributed by atoms with Gasteiger partial charge in [-0.25, -0.2) is 4.68 Å². The highest BCUT2D eigenvalue weighted by Crippen LogP contribution is 2.30. The van der Waals surface area contributed by atoms with Crippen LogP contribution in [0.1, 0.15) is 24.5 Å². The molecule has 9 heteroatoms. The van der Waals surface area contributed by atoms with Crippen LogP contribution in [0.25, 0.3) is 39.2 Å². The molecule has 0 aliphatic carbocycles. The number of aryl methyl sites for hydroxylation is 1. The number of rotatable bonds is 7. The van der Waals surface area contributed by atoms with E-state index in [1.165, 1.54) is 4.52 Å².